The van der Waals surface area contributed by atoms with Crippen LogP contribution in [0.4, 0.5) is 8.78 Å². The van der Waals surface area contributed by atoms with Gasteiger partial charge in [-0.1, -0.05) is 0 Å². The third-order valence-corrected chi connectivity index (χ3v) is 3.54. The summed E-state index contributed by atoms with van der Waals surface area (Å²) in [6.45, 7) is 2.06. The van der Waals surface area contributed by atoms with Crippen molar-refractivity contribution >= 4 is 28.3 Å². The molecule has 0 aromatic heterocycles. The molecule has 0 atom stereocenters. The Morgan fingerprint density at radius 2 is 2.06 bits per heavy atom. The van der Waals surface area contributed by atoms with Gasteiger partial charge in [0.05, 0.1) is 4.47 Å². The van der Waals surface area contributed by atoms with Crippen molar-refractivity contribution < 1.29 is 8.78 Å². The second kappa shape index (κ2) is 6.09. The summed E-state index contributed by atoms with van der Waals surface area (Å²) in [5.41, 5.74) is 0.128. The maximum atomic E-state index is 13.7. The van der Waals surface area contributed by atoms with Crippen molar-refractivity contribution in [3.05, 3.63) is 33.8 Å². The molecule has 1 fully saturated rings. The summed E-state index contributed by atoms with van der Waals surface area (Å²) in [6.07, 6.45) is 0. The molecule has 0 amide bonds. The van der Waals surface area contributed by atoms with Crippen molar-refractivity contribution in [1.82, 2.24) is 10.2 Å². The number of nitrogens with zero attached hydrogens (tertiary/aromatic N) is 1. The smallest absolute Gasteiger partial charge is 0.144 e. The summed E-state index contributed by atoms with van der Waals surface area (Å²) in [7, 11) is 1.88. The first-order chi connectivity index (χ1) is 7.59. The van der Waals surface area contributed by atoms with E-state index in [1.54, 1.807) is 0 Å². The largest absolute Gasteiger partial charge is 0.314 e. The lowest BCUT2D eigenvalue weighted by Crippen LogP contribution is -2.55. The monoisotopic (exact) mass is 326 g/mol. The van der Waals surface area contributed by atoms with Gasteiger partial charge in [-0.05, 0) is 35.1 Å². The fraction of sp³-hybridized carbons (Fsp3) is 0.455. The average Bonchev–Trinajstić information content (AvgIpc) is 2.16. The molecule has 0 unspecified atom stereocenters. The number of hydrogen-bond donors (Lipinski definition) is 1. The third-order valence-electron chi connectivity index (χ3n) is 2.93. The fourth-order valence-electron chi connectivity index (χ4n) is 1.68. The van der Waals surface area contributed by atoms with Gasteiger partial charge in [0.25, 0.3) is 0 Å². The molecule has 96 valence electrons. The van der Waals surface area contributed by atoms with E-state index in [-0.39, 0.29) is 18.0 Å². The molecular formula is C11H14BrClF2N2. The van der Waals surface area contributed by atoms with Gasteiger partial charge in [0, 0.05) is 31.2 Å². The minimum Gasteiger partial charge on any atom is -0.314 e. The van der Waals surface area contributed by atoms with E-state index in [2.05, 4.69) is 21.2 Å². The van der Waals surface area contributed by atoms with Gasteiger partial charge in [-0.2, -0.15) is 0 Å². The molecule has 0 radical (unpaired) electrons. The maximum absolute atomic E-state index is 13.7. The topological polar surface area (TPSA) is 15.3 Å². The van der Waals surface area contributed by atoms with Crippen LogP contribution in [0.1, 0.15) is 5.56 Å². The highest BCUT2D eigenvalue weighted by atomic mass is 79.9. The Balaban J connectivity index is 0.00000144. The van der Waals surface area contributed by atoms with Gasteiger partial charge in [-0.25, -0.2) is 8.78 Å². The van der Waals surface area contributed by atoms with E-state index in [1.165, 1.54) is 12.1 Å². The van der Waals surface area contributed by atoms with E-state index >= 15 is 0 Å². The van der Waals surface area contributed by atoms with Gasteiger partial charge < -0.3 is 5.32 Å². The molecular weight excluding hydrogens is 313 g/mol. The molecule has 6 heteroatoms. The third kappa shape index (κ3) is 3.16. The normalized spacial score (nSPS) is 15.6. The number of likely N-dealkylation sites (N-methyl/N-ethyl adjacent to an activating group) is 1. The molecule has 1 aromatic rings. The lowest BCUT2D eigenvalue weighted by molar-refractivity contribution is 0.169. The Morgan fingerprint density at radius 3 is 2.59 bits per heavy atom. The summed E-state index contributed by atoms with van der Waals surface area (Å²) in [4.78, 5) is 1.96. The van der Waals surface area contributed by atoms with Crippen molar-refractivity contribution in [2.75, 3.05) is 20.1 Å². The van der Waals surface area contributed by atoms with E-state index < -0.39 is 11.6 Å². The zero-order valence-electron chi connectivity index (χ0n) is 9.34. The van der Waals surface area contributed by atoms with Gasteiger partial charge in [-0.3, -0.25) is 4.90 Å². The lowest BCUT2D eigenvalue weighted by atomic mass is 10.1. The van der Waals surface area contributed by atoms with Crippen LogP contribution >= 0.6 is 28.3 Å². The van der Waals surface area contributed by atoms with Gasteiger partial charge >= 0.3 is 0 Å². The first kappa shape index (κ1) is 14.8. The van der Waals surface area contributed by atoms with Gasteiger partial charge in [-0.15, -0.1) is 12.4 Å². The van der Waals surface area contributed by atoms with E-state index in [4.69, 9.17) is 0 Å². The number of benzene rings is 1. The molecule has 1 N–H and O–H groups in total. The molecule has 1 aliphatic heterocycles. The molecule has 0 bridgehead atoms. The number of halogens is 4. The first-order valence-electron chi connectivity index (χ1n) is 5.13. The molecule has 0 aliphatic carbocycles. The molecule has 17 heavy (non-hydrogen) atoms. The second-order valence-electron chi connectivity index (χ2n) is 4.05. The van der Waals surface area contributed by atoms with E-state index in [0.29, 0.717) is 17.1 Å². The van der Waals surface area contributed by atoms with E-state index in [0.717, 1.165) is 13.1 Å². The first-order valence-corrected chi connectivity index (χ1v) is 5.92. The van der Waals surface area contributed by atoms with Crippen LogP contribution in [0.2, 0.25) is 0 Å². The van der Waals surface area contributed by atoms with Crippen LogP contribution in [-0.2, 0) is 6.54 Å². The van der Waals surface area contributed by atoms with Gasteiger partial charge in [0.1, 0.15) is 11.6 Å². The Bertz CT molecular complexity index is 399. The van der Waals surface area contributed by atoms with E-state index in [1.807, 2.05) is 11.9 Å². The quantitative estimate of drug-likeness (QED) is 0.859. The summed E-state index contributed by atoms with van der Waals surface area (Å²) in [5, 5.41) is 3.13. The Hall–Kier alpha value is -0.230. The minimum atomic E-state index is -0.501. The minimum absolute atomic E-state index is 0. The Kier molecular flexibility index (Phi) is 5.31. The number of nitrogens with one attached hydrogen (secondary N) is 1. The van der Waals surface area contributed by atoms with E-state index in [9.17, 15) is 8.78 Å². The van der Waals surface area contributed by atoms with Crippen LogP contribution in [0.3, 0.4) is 0 Å². The Labute approximate surface area is 114 Å². The zero-order valence-corrected chi connectivity index (χ0v) is 11.7. The highest BCUT2D eigenvalue weighted by Crippen LogP contribution is 2.23. The predicted molar refractivity (Wildman–Crippen MR) is 69.4 cm³/mol. The standard InChI is InChI=1S/C11H13BrF2N2.ClH/c1-16(7-4-15-5-7)6-8-10(13)3-2-9(12)11(8)14;/h2-3,7,15H,4-6H2,1H3;1H. The molecule has 1 saturated heterocycles. The molecule has 1 heterocycles. The van der Waals surface area contributed by atoms with Crippen molar-refractivity contribution in [3.63, 3.8) is 0 Å². The average molecular weight is 328 g/mol. The molecule has 1 aromatic carbocycles. The van der Waals surface area contributed by atoms with Crippen LogP contribution in [-0.4, -0.2) is 31.1 Å². The number of hydrogen-bond acceptors (Lipinski definition) is 2. The zero-order chi connectivity index (χ0) is 11.7. The Morgan fingerprint density at radius 1 is 1.41 bits per heavy atom. The summed E-state index contributed by atoms with van der Waals surface area (Å²) < 4.78 is 27.5. The summed E-state index contributed by atoms with van der Waals surface area (Å²) >= 11 is 3.07. The molecule has 2 nitrogen and oxygen atoms in total. The van der Waals surface area contributed by atoms with Crippen LogP contribution in [0.25, 0.3) is 0 Å². The maximum Gasteiger partial charge on any atom is 0.144 e. The van der Waals surface area contributed by atoms with Gasteiger partial charge in [0.15, 0.2) is 0 Å². The lowest BCUT2D eigenvalue weighted by Gasteiger charge is -2.35. The summed E-state index contributed by atoms with van der Waals surface area (Å²) in [5.74, 6) is -0.987. The van der Waals surface area contributed by atoms with Crippen molar-refractivity contribution in [3.8, 4) is 0 Å². The van der Waals surface area contributed by atoms with Crippen LogP contribution in [0.5, 0.6) is 0 Å². The van der Waals surface area contributed by atoms with Crippen molar-refractivity contribution in [2.24, 2.45) is 0 Å². The predicted octanol–water partition coefficient (Wildman–Crippen LogP) is 2.55. The number of rotatable bonds is 3. The van der Waals surface area contributed by atoms with Crippen LogP contribution < -0.4 is 5.32 Å². The highest BCUT2D eigenvalue weighted by molar-refractivity contribution is 9.10. The van der Waals surface area contributed by atoms with Gasteiger partial charge in [0.2, 0.25) is 0 Å². The van der Waals surface area contributed by atoms with Crippen LogP contribution in [0.15, 0.2) is 16.6 Å². The molecule has 1 aliphatic rings. The molecule has 0 saturated carbocycles. The second-order valence-corrected chi connectivity index (χ2v) is 4.90. The molecule has 0 spiro atoms. The fourth-order valence-corrected chi connectivity index (χ4v) is 2.05. The highest BCUT2D eigenvalue weighted by Gasteiger charge is 2.23. The summed E-state index contributed by atoms with van der Waals surface area (Å²) in [6, 6.07) is 3.05. The van der Waals surface area contributed by atoms with Crippen molar-refractivity contribution in [2.45, 2.75) is 12.6 Å². The van der Waals surface area contributed by atoms with Crippen LogP contribution in [0, 0.1) is 11.6 Å². The van der Waals surface area contributed by atoms with Crippen molar-refractivity contribution in [1.29, 1.82) is 0 Å². The molecule has 2 rings (SSSR count). The SMILES string of the molecule is CN(Cc1c(F)ccc(Br)c1F)C1CNC1.Cl.